The van der Waals surface area contributed by atoms with Crippen LogP contribution in [0.15, 0.2) is 0 Å². The van der Waals surface area contributed by atoms with E-state index in [9.17, 15) is 4.79 Å². The number of hydrogen-bond acceptors (Lipinski definition) is 2. The fourth-order valence-electron chi connectivity index (χ4n) is 2.47. The second-order valence-electron chi connectivity index (χ2n) is 5.31. The van der Waals surface area contributed by atoms with Crippen molar-refractivity contribution in [1.82, 2.24) is 10.2 Å². The van der Waals surface area contributed by atoms with Crippen molar-refractivity contribution in [3.63, 3.8) is 0 Å². The van der Waals surface area contributed by atoms with Crippen molar-refractivity contribution < 1.29 is 4.79 Å². The van der Waals surface area contributed by atoms with E-state index in [0.717, 1.165) is 44.7 Å². The molecular formula is C14H28N2O. The molecule has 0 aromatic heterocycles. The molecule has 1 amide bonds. The summed E-state index contributed by atoms with van der Waals surface area (Å²) >= 11 is 0. The molecule has 3 nitrogen and oxygen atoms in total. The van der Waals surface area contributed by atoms with Crippen LogP contribution in [0.1, 0.15) is 52.4 Å². The van der Waals surface area contributed by atoms with Crippen LogP contribution in [0.2, 0.25) is 0 Å². The van der Waals surface area contributed by atoms with Gasteiger partial charge in [-0.05, 0) is 45.6 Å². The summed E-state index contributed by atoms with van der Waals surface area (Å²) in [4.78, 5) is 14.0. The summed E-state index contributed by atoms with van der Waals surface area (Å²) in [5.41, 5.74) is 0. The van der Waals surface area contributed by atoms with Crippen molar-refractivity contribution in [3.8, 4) is 0 Å². The van der Waals surface area contributed by atoms with Gasteiger partial charge in [-0.25, -0.2) is 0 Å². The molecule has 1 aliphatic heterocycles. The molecule has 1 saturated heterocycles. The van der Waals surface area contributed by atoms with Gasteiger partial charge < -0.3 is 10.2 Å². The largest absolute Gasteiger partial charge is 0.343 e. The van der Waals surface area contributed by atoms with Crippen LogP contribution in [0, 0.1) is 5.92 Å². The molecule has 0 spiro atoms. The maximum Gasteiger partial charge on any atom is 0.222 e. The minimum Gasteiger partial charge on any atom is -0.343 e. The van der Waals surface area contributed by atoms with Crippen molar-refractivity contribution in [2.24, 2.45) is 5.92 Å². The highest BCUT2D eigenvalue weighted by molar-refractivity contribution is 5.76. The summed E-state index contributed by atoms with van der Waals surface area (Å²) in [6.07, 6.45) is 6.54. The molecule has 0 saturated carbocycles. The van der Waals surface area contributed by atoms with Gasteiger partial charge in [0.15, 0.2) is 0 Å². The van der Waals surface area contributed by atoms with Crippen molar-refractivity contribution >= 4 is 5.91 Å². The van der Waals surface area contributed by atoms with Crippen LogP contribution in [0.5, 0.6) is 0 Å². The van der Waals surface area contributed by atoms with Crippen LogP contribution in [-0.2, 0) is 4.79 Å². The highest BCUT2D eigenvalue weighted by Gasteiger charge is 2.20. The van der Waals surface area contributed by atoms with Gasteiger partial charge in [-0.1, -0.05) is 13.3 Å². The monoisotopic (exact) mass is 240 g/mol. The average Bonchev–Trinajstić information content (AvgIpc) is 2.52. The zero-order valence-electron chi connectivity index (χ0n) is 11.7. The van der Waals surface area contributed by atoms with E-state index in [2.05, 4.69) is 24.1 Å². The Morgan fingerprint density at radius 3 is 2.88 bits per heavy atom. The van der Waals surface area contributed by atoms with Crippen molar-refractivity contribution in [2.45, 2.75) is 58.4 Å². The van der Waals surface area contributed by atoms with E-state index in [-0.39, 0.29) is 0 Å². The first-order valence-electron chi connectivity index (χ1n) is 7.12. The molecule has 17 heavy (non-hydrogen) atoms. The fraction of sp³-hybridized carbons (Fsp3) is 0.929. The van der Waals surface area contributed by atoms with Gasteiger partial charge in [0.25, 0.3) is 0 Å². The lowest BCUT2D eigenvalue weighted by Crippen LogP contribution is -2.32. The summed E-state index contributed by atoms with van der Waals surface area (Å²) in [7, 11) is 1.99. The second kappa shape index (κ2) is 7.70. The lowest BCUT2D eigenvalue weighted by atomic mass is 9.98. The van der Waals surface area contributed by atoms with Crippen LogP contribution in [0.3, 0.4) is 0 Å². The zero-order chi connectivity index (χ0) is 12.7. The van der Waals surface area contributed by atoms with E-state index in [0.29, 0.717) is 11.9 Å². The maximum absolute atomic E-state index is 11.9. The number of hydrogen-bond donors (Lipinski definition) is 1. The Bertz CT molecular complexity index is 230. The lowest BCUT2D eigenvalue weighted by molar-refractivity contribution is -0.130. The summed E-state index contributed by atoms with van der Waals surface area (Å²) in [6.45, 7) is 6.35. The van der Waals surface area contributed by atoms with Gasteiger partial charge in [0, 0.05) is 25.6 Å². The molecule has 1 aliphatic rings. The molecule has 0 bridgehead atoms. The Balaban J connectivity index is 2.29. The number of nitrogens with one attached hydrogen (secondary N) is 1. The highest BCUT2D eigenvalue weighted by atomic mass is 16.2. The molecule has 2 unspecified atom stereocenters. The van der Waals surface area contributed by atoms with Gasteiger partial charge in [-0.2, -0.15) is 0 Å². The van der Waals surface area contributed by atoms with Gasteiger partial charge in [-0.15, -0.1) is 0 Å². The van der Waals surface area contributed by atoms with Crippen LogP contribution < -0.4 is 5.32 Å². The average molecular weight is 240 g/mol. The predicted molar refractivity (Wildman–Crippen MR) is 72.0 cm³/mol. The van der Waals surface area contributed by atoms with Gasteiger partial charge >= 0.3 is 0 Å². The van der Waals surface area contributed by atoms with E-state index in [1.807, 2.05) is 7.05 Å². The molecule has 2 atom stereocenters. The topological polar surface area (TPSA) is 32.3 Å². The third kappa shape index (κ3) is 5.07. The first-order chi connectivity index (χ1) is 8.17. The van der Waals surface area contributed by atoms with E-state index < -0.39 is 0 Å². The van der Waals surface area contributed by atoms with Crippen LogP contribution in [0.4, 0.5) is 0 Å². The minimum atomic E-state index is 0.373. The third-order valence-corrected chi connectivity index (χ3v) is 4.06. The number of carbonyl (C=O) groups is 1. The molecule has 3 heteroatoms. The maximum atomic E-state index is 11.9. The minimum absolute atomic E-state index is 0.373. The number of likely N-dealkylation sites (tertiary alicyclic amines) is 1. The standard InChI is InChI=1S/C14H28N2O/c1-4-13-7-8-14(17)16(11-9-13)10-5-6-12(2)15-3/h12-13,15H,4-11H2,1-3H3. The first kappa shape index (κ1) is 14.5. The SMILES string of the molecule is CCC1CCC(=O)N(CCCC(C)NC)CC1. The normalized spacial score (nSPS) is 23.6. The number of rotatable bonds is 6. The zero-order valence-corrected chi connectivity index (χ0v) is 11.7. The number of amides is 1. The van der Waals surface area contributed by atoms with E-state index in [1.165, 1.54) is 12.8 Å². The Kier molecular flexibility index (Phi) is 6.56. The number of nitrogens with zero attached hydrogens (tertiary/aromatic N) is 1. The van der Waals surface area contributed by atoms with Crippen molar-refractivity contribution in [3.05, 3.63) is 0 Å². The molecule has 1 rings (SSSR count). The van der Waals surface area contributed by atoms with Crippen LogP contribution >= 0.6 is 0 Å². The molecule has 1 N–H and O–H groups in total. The van der Waals surface area contributed by atoms with Gasteiger partial charge in [-0.3, -0.25) is 4.79 Å². The summed E-state index contributed by atoms with van der Waals surface area (Å²) in [6, 6.07) is 0.556. The van der Waals surface area contributed by atoms with Gasteiger partial charge in [0.05, 0.1) is 0 Å². The summed E-state index contributed by atoms with van der Waals surface area (Å²) in [5.74, 6) is 1.14. The second-order valence-corrected chi connectivity index (χ2v) is 5.31. The highest BCUT2D eigenvalue weighted by Crippen LogP contribution is 2.21. The van der Waals surface area contributed by atoms with E-state index >= 15 is 0 Å². The lowest BCUT2D eigenvalue weighted by Gasteiger charge is -2.21. The summed E-state index contributed by atoms with van der Waals surface area (Å²) in [5, 5.41) is 3.24. The van der Waals surface area contributed by atoms with Crippen LogP contribution in [-0.4, -0.2) is 37.0 Å². The fourth-order valence-corrected chi connectivity index (χ4v) is 2.47. The molecule has 0 aromatic carbocycles. The predicted octanol–water partition coefficient (Wildman–Crippen LogP) is 2.41. The Labute approximate surface area is 106 Å². The number of carbonyl (C=O) groups excluding carboxylic acids is 1. The molecule has 0 radical (unpaired) electrons. The molecule has 0 aliphatic carbocycles. The first-order valence-corrected chi connectivity index (χ1v) is 7.12. The quantitative estimate of drug-likeness (QED) is 0.773. The van der Waals surface area contributed by atoms with Gasteiger partial charge in [0.2, 0.25) is 5.91 Å². The van der Waals surface area contributed by atoms with Gasteiger partial charge in [0.1, 0.15) is 0 Å². The molecular weight excluding hydrogens is 212 g/mol. The van der Waals surface area contributed by atoms with E-state index in [1.54, 1.807) is 0 Å². The summed E-state index contributed by atoms with van der Waals surface area (Å²) < 4.78 is 0. The molecule has 100 valence electrons. The van der Waals surface area contributed by atoms with Crippen LogP contribution in [0.25, 0.3) is 0 Å². The van der Waals surface area contributed by atoms with E-state index in [4.69, 9.17) is 0 Å². The Morgan fingerprint density at radius 2 is 2.24 bits per heavy atom. The van der Waals surface area contributed by atoms with Crippen molar-refractivity contribution in [1.29, 1.82) is 0 Å². The molecule has 1 heterocycles. The molecule has 0 aromatic rings. The Hall–Kier alpha value is -0.570. The molecule has 1 fully saturated rings. The Morgan fingerprint density at radius 1 is 1.47 bits per heavy atom. The smallest absolute Gasteiger partial charge is 0.222 e. The van der Waals surface area contributed by atoms with Crippen molar-refractivity contribution in [2.75, 3.05) is 20.1 Å². The third-order valence-electron chi connectivity index (χ3n) is 4.06.